The molecule has 3 rings (SSSR count). The minimum atomic E-state index is -0.522. The lowest BCUT2D eigenvalue weighted by molar-refractivity contribution is 0.0597. The molecule has 0 aromatic carbocycles. The molecule has 3 aliphatic carbocycles. The van der Waals surface area contributed by atoms with Gasteiger partial charge in [-0.25, -0.2) is 0 Å². The molecule has 0 aromatic rings. The third kappa shape index (κ3) is 5.49. The second-order valence-corrected chi connectivity index (χ2v) is 11.5. The highest BCUT2D eigenvalue weighted by Gasteiger charge is 2.50. The summed E-state index contributed by atoms with van der Waals surface area (Å²) < 4.78 is 0. The van der Waals surface area contributed by atoms with Crippen molar-refractivity contribution >= 4 is 0 Å². The van der Waals surface area contributed by atoms with Crippen LogP contribution in [0.5, 0.6) is 0 Å². The van der Waals surface area contributed by atoms with Gasteiger partial charge < -0.3 is 10.4 Å². The Morgan fingerprint density at radius 2 is 2.00 bits per heavy atom. The maximum atomic E-state index is 10.1. The fraction of sp³-hybridized carbons (Fsp3) is 0.786. The van der Waals surface area contributed by atoms with Crippen molar-refractivity contribution in [3.05, 3.63) is 35.5 Å². The lowest BCUT2D eigenvalue weighted by atomic mass is 9.60. The Balaban J connectivity index is 1.68. The fourth-order valence-electron chi connectivity index (χ4n) is 6.93. The van der Waals surface area contributed by atoms with Gasteiger partial charge >= 0.3 is 0 Å². The molecule has 2 nitrogen and oxygen atoms in total. The molecule has 5 atom stereocenters. The zero-order valence-corrected chi connectivity index (χ0v) is 20.4. The molecule has 2 N–H and O–H groups in total. The van der Waals surface area contributed by atoms with Gasteiger partial charge in [-0.1, -0.05) is 56.6 Å². The predicted molar refractivity (Wildman–Crippen MR) is 129 cm³/mol. The zero-order chi connectivity index (χ0) is 21.9. The average Bonchev–Trinajstić information content (AvgIpc) is 3.04. The van der Waals surface area contributed by atoms with E-state index in [1.54, 1.807) is 5.57 Å². The molecule has 170 valence electrons. The first-order valence-corrected chi connectivity index (χ1v) is 12.6. The van der Waals surface area contributed by atoms with E-state index in [1.807, 2.05) is 13.8 Å². The molecule has 0 radical (unpaired) electrons. The summed E-state index contributed by atoms with van der Waals surface area (Å²) in [6.45, 7) is 13.3. The van der Waals surface area contributed by atoms with Crippen LogP contribution in [0, 0.1) is 23.2 Å². The van der Waals surface area contributed by atoms with Crippen LogP contribution in [0.15, 0.2) is 35.5 Å². The first-order valence-electron chi connectivity index (χ1n) is 12.6. The smallest absolute Gasteiger partial charge is 0.0591 e. The second kappa shape index (κ2) is 9.74. The van der Waals surface area contributed by atoms with E-state index in [1.165, 1.54) is 56.1 Å². The normalized spacial score (nSPS) is 36.3. The quantitative estimate of drug-likeness (QED) is 0.473. The molecule has 3 saturated carbocycles. The number of rotatable bonds is 7. The van der Waals surface area contributed by atoms with Crippen molar-refractivity contribution in [3.8, 4) is 0 Å². The van der Waals surface area contributed by atoms with Crippen LogP contribution in [0.4, 0.5) is 0 Å². The maximum absolute atomic E-state index is 10.1. The Bertz CT molecular complexity index is 667. The third-order valence-corrected chi connectivity index (χ3v) is 8.79. The van der Waals surface area contributed by atoms with Gasteiger partial charge in [0.1, 0.15) is 0 Å². The van der Waals surface area contributed by atoms with Crippen molar-refractivity contribution in [1.29, 1.82) is 0 Å². The Morgan fingerprint density at radius 3 is 2.70 bits per heavy atom. The molecule has 0 aromatic heterocycles. The highest BCUT2D eigenvalue weighted by Crippen LogP contribution is 2.60. The summed E-state index contributed by atoms with van der Waals surface area (Å²) in [6, 6.07) is 0.609. The van der Waals surface area contributed by atoms with Crippen molar-refractivity contribution in [2.24, 2.45) is 23.2 Å². The van der Waals surface area contributed by atoms with Gasteiger partial charge in [-0.05, 0) is 107 Å². The number of hydrogen-bond donors (Lipinski definition) is 2. The number of hydrogen-bond acceptors (Lipinski definition) is 2. The number of nitrogens with one attached hydrogen (secondary N) is 1. The Hall–Kier alpha value is -0.860. The largest absolute Gasteiger partial charge is 0.390 e. The summed E-state index contributed by atoms with van der Waals surface area (Å²) in [5.41, 5.74) is 4.47. The molecule has 2 heteroatoms. The lowest BCUT2D eigenvalue weighted by Crippen LogP contribution is -2.36. The number of allylic oxidation sites excluding steroid dienone is 4. The van der Waals surface area contributed by atoms with E-state index in [0.29, 0.717) is 11.5 Å². The summed E-state index contributed by atoms with van der Waals surface area (Å²) in [6.07, 6.45) is 18.5. The third-order valence-electron chi connectivity index (χ3n) is 8.79. The summed E-state index contributed by atoms with van der Waals surface area (Å²) in [5.74, 6) is 2.36. The standard InChI is InChI=1S/C28H47NO/c1-20-11-14-24(29-6)19-23(20)13-12-22-10-8-18-28(5)25(15-16-26(22)28)21(2)9-7-17-27(3,4)30/h12-13,21,24-26,29-30H,1,7-11,14-19H2,2-6H3/b22-12+,23-13-/t21-,24-,25?,26?,28-/m1/s1. The molecule has 3 fully saturated rings. The molecule has 2 unspecified atom stereocenters. The molecule has 30 heavy (non-hydrogen) atoms. The first-order chi connectivity index (χ1) is 14.1. The summed E-state index contributed by atoms with van der Waals surface area (Å²) in [5, 5.41) is 13.5. The SMILES string of the molecule is C=C1CC[C@@H](NC)C/C1=C/C=C1\CCC[C@@]2(C)C1CCC2[C@H](C)CCCC(C)(C)O. The lowest BCUT2D eigenvalue weighted by Gasteiger charge is -2.44. The Labute approximate surface area is 186 Å². The van der Waals surface area contributed by atoms with Gasteiger partial charge in [0, 0.05) is 6.04 Å². The van der Waals surface area contributed by atoms with Gasteiger partial charge in [-0.15, -0.1) is 0 Å². The van der Waals surface area contributed by atoms with Crippen LogP contribution in [0.25, 0.3) is 0 Å². The molecular weight excluding hydrogens is 366 g/mol. The van der Waals surface area contributed by atoms with E-state index in [0.717, 1.165) is 43.4 Å². The van der Waals surface area contributed by atoms with Crippen molar-refractivity contribution in [2.75, 3.05) is 7.05 Å². The van der Waals surface area contributed by atoms with Crippen molar-refractivity contribution in [2.45, 2.75) is 110 Å². The van der Waals surface area contributed by atoms with Crippen LogP contribution in [-0.4, -0.2) is 23.8 Å². The van der Waals surface area contributed by atoms with E-state index in [2.05, 4.69) is 44.9 Å². The van der Waals surface area contributed by atoms with Gasteiger partial charge in [-0.2, -0.15) is 0 Å². The first kappa shape index (κ1) is 23.8. The molecule has 0 spiro atoms. The van der Waals surface area contributed by atoms with Crippen LogP contribution < -0.4 is 5.32 Å². The van der Waals surface area contributed by atoms with Gasteiger partial charge in [0.15, 0.2) is 0 Å². The van der Waals surface area contributed by atoms with E-state index < -0.39 is 5.60 Å². The highest BCUT2D eigenvalue weighted by atomic mass is 16.3. The molecule has 0 amide bonds. The van der Waals surface area contributed by atoms with Crippen LogP contribution >= 0.6 is 0 Å². The molecule has 0 bridgehead atoms. The minimum Gasteiger partial charge on any atom is -0.390 e. The Morgan fingerprint density at radius 1 is 1.23 bits per heavy atom. The summed E-state index contributed by atoms with van der Waals surface area (Å²) in [4.78, 5) is 0. The van der Waals surface area contributed by atoms with E-state index in [-0.39, 0.29) is 0 Å². The topological polar surface area (TPSA) is 32.3 Å². The van der Waals surface area contributed by atoms with Crippen molar-refractivity contribution in [3.63, 3.8) is 0 Å². The Kier molecular flexibility index (Phi) is 7.72. The predicted octanol–water partition coefficient (Wildman–Crippen LogP) is 6.96. The van der Waals surface area contributed by atoms with Gasteiger partial charge in [0.25, 0.3) is 0 Å². The van der Waals surface area contributed by atoms with Crippen molar-refractivity contribution in [1.82, 2.24) is 5.32 Å². The molecule has 0 aliphatic heterocycles. The summed E-state index contributed by atoms with van der Waals surface area (Å²) >= 11 is 0. The van der Waals surface area contributed by atoms with E-state index >= 15 is 0 Å². The monoisotopic (exact) mass is 413 g/mol. The number of fused-ring (bicyclic) bond motifs is 1. The fourth-order valence-corrected chi connectivity index (χ4v) is 6.93. The maximum Gasteiger partial charge on any atom is 0.0591 e. The van der Waals surface area contributed by atoms with Crippen LogP contribution in [-0.2, 0) is 0 Å². The van der Waals surface area contributed by atoms with Crippen molar-refractivity contribution < 1.29 is 5.11 Å². The van der Waals surface area contributed by atoms with E-state index in [4.69, 9.17) is 0 Å². The molecule has 3 aliphatic rings. The van der Waals surface area contributed by atoms with Crippen LogP contribution in [0.3, 0.4) is 0 Å². The zero-order valence-electron chi connectivity index (χ0n) is 20.4. The van der Waals surface area contributed by atoms with Crippen LogP contribution in [0.2, 0.25) is 0 Å². The molecule has 0 heterocycles. The molecular formula is C28H47NO. The average molecular weight is 414 g/mol. The minimum absolute atomic E-state index is 0.466. The highest BCUT2D eigenvalue weighted by molar-refractivity contribution is 5.36. The van der Waals surface area contributed by atoms with Gasteiger partial charge in [-0.3, -0.25) is 0 Å². The summed E-state index contributed by atoms with van der Waals surface area (Å²) in [7, 11) is 2.09. The second-order valence-electron chi connectivity index (χ2n) is 11.5. The van der Waals surface area contributed by atoms with Crippen LogP contribution in [0.1, 0.15) is 98.3 Å². The van der Waals surface area contributed by atoms with Gasteiger partial charge in [0.2, 0.25) is 0 Å². The molecule has 0 saturated heterocycles. The number of aliphatic hydroxyl groups is 1. The van der Waals surface area contributed by atoms with E-state index in [9.17, 15) is 5.11 Å². The van der Waals surface area contributed by atoms with Gasteiger partial charge in [0.05, 0.1) is 5.60 Å².